The molecule has 3 N–H and O–H groups in total. The van der Waals surface area contributed by atoms with Crippen molar-refractivity contribution < 1.29 is 9.90 Å². The van der Waals surface area contributed by atoms with Gasteiger partial charge in [-0.3, -0.25) is 4.79 Å². The lowest BCUT2D eigenvalue weighted by atomic mass is 9.89. The Kier molecular flexibility index (Phi) is 8.81. The van der Waals surface area contributed by atoms with E-state index in [1.165, 1.54) is 0 Å². The van der Waals surface area contributed by atoms with E-state index in [2.05, 4.69) is 31.4 Å². The SMILES string of the molecule is CC(C)(C)CNC[C@@H](O)[C@H](Cc1ccccc1)NC(=O)C(c1ccccc1)c1ccccc1. The van der Waals surface area contributed by atoms with Crippen LogP contribution in [-0.2, 0) is 11.2 Å². The van der Waals surface area contributed by atoms with Crippen LogP contribution in [0.15, 0.2) is 91.0 Å². The second kappa shape index (κ2) is 11.8. The highest BCUT2D eigenvalue weighted by molar-refractivity contribution is 5.87. The van der Waals surface area contributed by atoms with Crippen LogP contribution in [0.25, 0.3) is 0 Å². The van der Waals surface area contributed by atoms with Gasteiger partial charge in [0.05, 0.1) is 18.1 Å². The Hall–Kier alpha value is -2.95. The summed E-state index contributed by atoms with van der Waals surface area (Å²) in [7, 11) is 0. The lowest BCUT2D eigenvalue weighted by molar-refractivity contribution is -0.123. The van der Waals surface area contributed by atoms with Crippen molar-refractivity contribution in [3.63, 3.8) is 0 Å². The number of benzene rings is 3. The lowest BCUT2D eigenvalue weighted by Gasteiger charge is -2.28. The van der Waals surface area contributed by atoms with E-state index < -0.39 is 18.1 Å². The largest absolute Gasteiger partial charge is 0.390 e. The molecule has 3 rings (SSSR count). The van der Waals surface area contributed by atoms with Crippen molar-refractivity contribution in [2.75, 3.05) is 13.1 Å². The number of carbonyl (C=O) groups excluding carboxylic acids is 1. The maximum absolute atomic E-state index is 13.6. The highest BCUT2D eigenvalue weighted by atomic mass is 16.3. The van der Waals surface area contributed by atoms with E-state index in [1.807, 2.05) is 91.0 Å². The quantitative estimate of drug-likeness (QED) is 0.430. The third-order valence-corrected chi connectivity index (χ3v) is 5.63. The predicted molar refractivity (Wildman–Crippen MR) is 135 cm³/mol. The smallest absolute Gasteiger partial charge is 0.232 e. The van der Waals surface area contributed by atoms with Gasteiger partial charge in [0, 0.05) is 13.1 Å². The number of nitrogens with one attached hydrogen (secondary N) is 2. The van der Waals surface area contributed by atoms with Crippen LogP contribution in [0, 0.1) is 5.41 Å². The minimum atomic E-state index is -0.719. The molecule has 0 heterocycles. The van der Waals surface area contributed by atoms with Gasteiger partial charge < -0.3 is 15.7 Å². The highest BCUT2D eigenvalue weighted by Crippen LogP contribution is 2.25. The normalized spacial score (nSPS) is 13.5. The first kappa shape index (κ1) is 24.7. The number of amides is 1. The predicted octanol–water partition coefficient (Wildman–Crippen LogP) is 4.54. The van der Waals surface area contributed by atoms with E-state index in [0.29, 0.717) is 13.0 Å². The number of aliphatic hydroxyl groups excluding tert-OH is 1. The van der Waals surface area contributed by atoms with E-state index in [1.54, 1.807) is 0 Å². The Balaban J connectivity index is 1.82. The molecule has 0 aliphatic carbocycles. The number of carbonyl (C=O) groups is 1. The fourth-order valence-electron chi connectivity index (χ4n) is 3.94. The van der Waals surface area contributed by atoms with Crippen LogP contribution in [0.5, 0.6) is 0 Å². The standard InChI is InChI=1S/C29H36N2O2/c1-29(2,3)21-30-20-26(32)25(19-22-13-7-4-8-14-22)31-28(33)27(23-15-9-5-10-16-23)24-17-11-6-12-18-24/h4-18,25-27,30,32H,19-21H2,1-3H3,(H,31,33)/t25-,26+/m0/s1. The highest BCUT2D eigenvalue weighted by Gasteiger charge is 2.28. The maximum Gasteiger partial charge on any atom is 0.232 e. The Morgan fingerprint density at radius 2 is 1.30 bits per heavy atom. The summed E-state index contributed by atoms with van der Waals surface area (Å²) in [4.78, 5) is 13.6. The van der Waals surface area contributed by atoms with Gasteiger partial charge in [0.1, 0.15) is 0 Å². The molecule has 3 aromatic carbocycles. The molecular weight excluding hydrogens is 408 g/mol. The molecule has 0 saturated carbocycles. The van der Waals surface area contributed by atoms with Crippen LogP contribution in [0.3, 0.4) is 0 Å². The molecule has 4 heteroatoms. The zero-order chi connectivity index (χ0) is 23.7. The van der Waals surface area contributed by atoms with Crippen molar-refractivity contribution in [3.05, 3.63) is 108 Å². The zero-order valence-corrected chi connectivity index (χ0v) is 19.9. The van der Waals surface area contributed by atoms with E-state index in [0.717, 1.165) is 23.2 Å². The average molecular weight is 445 g/mol. The molecule has 0 aliphatic heterocycles. The number of hydrogen-bond donors (Lipinski definition) is 3. The first-order chi connectivity index (χ1) is 15.8. The molecule has 3 aromatic rings. The molecule has 0 aromatic heterocycles. The van der Waals surface area contributed by atoms with Gasteiger partial charge in [-0.1, -0.05) is 112 Å². The van der Waals surface area contributed by atoms with Crippen LogP contribution >= 0.6 is 0 Å². The minimum Gasteiger partial charge on any atom is -0.390 e. The van der Waals surface area contributed by atoms with E-state index in [9.17, 15) is 9.90 Å². The third-order valence-electron chi connectivity index (χ3n) is 5.63. The molecular formula is C29H36N2O2. The molecule has 0 saturated heterocycles. The van der Waals surface area contributed by atoms with E-state index in [-0.39, 0.29) is 11.3 Å². The van der Waals surface area contributed by atoms with Gasteiger partial charge in [0.15, 0.2) is 0 Å². The van der Waals surface area contributed by atoms with Crippen LogP contribution < -0.4 is 10.6 Å². The maximum atomic E-state index is 13.6. The van der Waals surface area contributed by atoms with Crippen LogP contribution in [-0.4, -0.2) is 36.2 Å². The monoisotopic (exact) mass is 444 g/mol. The van der Waals surface area contributed by atoms with Gasteiger partial charge in [-0.2, -0.15) is 0 Å². The molecule has 0 unspecified atom stereocenters. The van der Waals surface area contributed by atoms with Gasteiger partial charge >= 0.3 is 0 Å². The molecule has 0 aliphatic rings. The molecule has 2 atom stereocenters. The van der Waals surface area contributed by atoms with Crippen molar-refractivity contribution in [3.8, 4) is 0 Å². The molecule has 0 fully saturated rings. The van der Waals surface area contributed by atoms with Crippen molar-refractivity contribution in [1.29, 1.82) is 0 Å². The van der Waals surface area contributed by atoms with Gasteiger partial charge in [-0.25, -0.2) is 0 Å². The summed E-state index contributed by atoms with van der Waals surface area (Å²) >= 11 is 0. The zero-order valence-electron chi connectivity index (χ0n) is 19.9. The molecule has 0 radical (unpaired) electrons. The number of aliphatic hydroxyl groups is 1. The van der Waals surface area contributed by atoms with Crippen molar-refractivity contribution in [1.82, 2.24) is 10.6 Å². The van der Waals surface area contributed by atoms with Crippen molar-refractivity contribution in [2.24, 2.45) is 5.41 Å². The van der Waals surface area contributed by atoms with E-state index in [4.69, 9.17) is 0 Å². The van der Waals surface area contributed by atoms with Gasteiger partial charge in [0.25, 0.3) is 0 Å². The fraction of sp³-hybridized carbons (Fsp3) is 0.345. The molecule has 0 bridgehead atoms. The minimum absolute atomic E-state index is 0.108. The topological polar surface area (TPSA) is 61.4 Å². The fourth-order valence-corrected chi connectivity index (χ4v) is 3.94. The summed E-state index contributed by atoms with van der Waals surface area (Å²) in [5, 5.41) is 17.6. The third kappa shape index (κ3) is 7.85. The summed E-state index contributed by atoms with van der Waals surface area (Å²) in [6.45, 7) is 7.66. The van der Waals surface area contributed by atoms with Crippen molar-refractivity contribution >= 4 is 5.91 Å². The molecule has 1 amide bonds. The summed E-state index contributed by atoms with van der Waals surface area (Å²) in [6, 6.07) is 29.2. The second-order valence-electron chi connectivity index (χ2n) is 9.82. The van der Waals surface area contributed by atoms with E-state index >= 15 is 0 Å². The Labute approximate surface area is 198 Å². The summed E-state index contributed by atoms with van der Waals surface area (Å²) in [5.74, 6) is -0.552. The molecule has 0 spiro atoms. The summed E-state index contributed by atoms with van der Waals surface area (Å²) < 4.78 is 0. The first-order valence-corrected chi connectivity index (χ1v) is 11.7. The van der Waals surface area contributed by atoms with Crippen LogP contribution in [0.1, 0.15) is 43.4 Å². The van der Waals surface area contributed by atoms with Gasteiger partial charge in [0.2, 0.25) is 5.91 Å². The lowest BCUT2D eigenvalue weighted by Crippen LogP contribution is -2.50. The van der Waals surface area contributed by atoms with Gasteiger partial charge in [-0.05, 0) is 28.5 Å². The summed E-state index contributed by atoms with van der Waals surface area (Å²) in [5.41, 5.74) is 3.05. The Morgan fingerprint density at radius 1 is 0.818 bits per heavy atom. The molecule has 4 nitrogen and oxygen atoms in total. The average Bonchev–Trinajstić information content (AvgIpc) is 2.80. The van der Waals surface area contributed by atoms with Crippen LogP contribution in [0.4, 0.5) is 0 Å². The summed E-state index contributed by atoms with van der Waals surface area (Å²) in [6.07, 6.45) is -0.162. The van der Waals surface area contributed by atoms with Gasteiger partial charge in [-0.15, -0.1) is 0 Å². The van der Waals surface area contributed by atoms with Crippen molar-refractivity contribution in [2.45, 2.75) is 45.3 Å². The second-order valence-corrected chi connectivity index (χ2v) is 9.82. The molecule has 33 heavy (non-hydrogen) atoms. The molecule has 174 valence electrons. The number of rotatable bonds is 10. The Bertz CT molecular complexity index is 929. The number of hydrogen-bond acceptors (Lipinski definition) is 3. The first-order valence-electron chi connectivity index (χ1n) is 11.7. The Morgan fingerprint density at radius 3 is 1.79 bits per heavy atom. The van der Waals surface area contributed by atoms with Crippen LogP contribution in [0.2, 0.25) is 0 Å².